The highest BCUT2D eigenvalue weighted by Crippen LogP contribution is 2.36. The molecule has 0 aliphatic heterocycles. The number of anilines is 1. The largest absolute Gasteiger partial charge is 0.320 e. The molecule has 2 heterocycles. The van der Waals surface area contributed by atoms with Crippen LogP contribution in [-0.2, 0) is 0 Å². The number of amides is 1. The number of halogens is 2. The number of carbonyl (C=O) groups excluding carboxylic acids is 1. The minimum atomic E-state index is -0.292. The molecule has 2 aromatic heterocycles. The van der Waals surface area contributed by atoms with E-state index in [0.717, 1.165) is 22.3 Å². The number of benzene rings is 1. The Morgan fingerprint density at radius 3 is 2.60 bits per heavy atom. The van der Waals surface area contributed by atoms with Crippen LogP contribution in [0.4, 0.5) is 5.69 Å². The second-order valence-corrected chi connectivity index (χ2v) is 6.18. The normalized spacial score (nSPS) is 10.6. The lowest BCUT2D eigenvalue weighted by atomic mass is 10.00. The molecule has 25 heavy (non-hydrogen) atoms. The SMILES string of the molecule is [CH2]c1ccc(C(=O)Nc2cccc(-c3ccnc(Cl)c3Cl)c2C)nc1. The highest BCUT2D eigenvalue weighted by atomic mass is 35.5. The zero-order valence-corrected chi connectivity index (χ0v) is 14.9. The summed E-state index contributed by atoms with van der Waals surface area (Å²) < 4.78 is 0. The maximum Gasteiger partial charge on any atom is 0.274 e. The van der Waals surface area contributed by atoms with E-state index in [-0.39, 0.29) is 11.1 Å². The van der Waals surface area contributed by atoms with Crippen molar-refractivity contribution in [1.82, 2.24) is 9.97 Å². The summed E-state index contributed by atoms with van der Waals surface area (Å²) in [5.74, 6) is -0.292. The topological polar surface area (TPSA) is 54.9 Å². The highest BCUT2D eigenvalue weighted by molar-refractivity contribution is 6.43. The number of aromatic nitrogens is 2. The summed E-state index contributed by atoms with van der Waals surface area (Å²) in [6.07, 6.45) is 3.15. The number of hydrogen-bond acceptors (Lipinski definition) is 3. The summed E-state index contributed by atoms with van der Waals surface area (Å²) in [5, 5.41) is 3.50. The average molecular weight is 371 g/mol. The number of nitrogens with one attached hydrogen (secondary N) is 1. The fourth-order valence-corrected chi connectivity index (χ4v) is 2.81. The molecule has 1 aromatic carbocycles. The van der Waals surface area contributed by atoms with Crippen LogP contribution in [0.15, 0.2) is 48.8 Å². The minimum Gasteiger partial charge on any atom is -0.320 e. The molecular formula is C19H14Cl2N3O. The molecule has 3 aromatic rings. The van der Waals surface area contributed by atoms with Crippen LogP contribution in [0.2, 0.25) is 10.2 Å². The standard InChI is InChI=1S/C19H14Cl2N3O/c1-11-6-7-16(23-10-11)19(25)24-15-5-3-4-13(12(15)2)14-8-9-22-18(21)17(14)20/h3-10H,1H2,2H3,(H,24,25). The van der Waals surface area contributed by atoms with E-state index in [9.17, 15) is 4.79 Å². The summed E-state index contributed by atoms with van der Waals surface area (Å²) in [5.41, 5.74) is 4.24. The van der Waals surface area contributed by atoms with E-state index in [2.05, 4.69) is 22.2 Å². The van der Waals surface area contributed by atoms with Crippen molar-refractivity contribution in [3.63, 3.8) is 0 Å². The van der Waals surface area contributed by atoms with Crippen molar-refractivity contribution in [3.05, 3.63) is 82.7 Å². The second-order valence-electron chi connectivity index (χ2n) is 5.45. The molecule has 3 rings (SSSR count). The summed E-state index contributed by atoms with van der Waals surface area (Å²) in [6, 6.07) is 10.7. The molecule has 0 unspecified atom stereocenters. The molecule has 0 aliphatic carbocycles. The van der Waals surface area contributed by atoms with Crippen LogP contribution in [0.3, 0.4) is 0 Å². The first kappa shape index (κ1) is 17.4. The van der Waals surface area contributed by atoms with E-state index in [1.165, 1.54) is 0 Å². The van der Waals surface area contributed by atoms with Gasteiger partial charge in [-0.15, -0.1) is 0 Å². The van der Waals surface area contributed by atoms with Gasteiger partial charge in [-0.25, -0.2) is 4.98 Å². The fourth-order valence-electron chi connectivity index (χ4n) is 2.43. The number of hydrogen-bond donors (Lipinski definition) is 1. The van der Waals surface area contributed by atoms with Crippen LogP contribution in [0, 0.1) is 13.8 Å². The molecule has 1 radical (unpaired) electrons. The Morgan fingerprint density at radius 1 is 1.08 bits per heavy atom. The molecule has 0 spiro atoms. The molecular weight excluding hydrogens is 357 g/mol. The maximum atomic E-state index is 12.4. The Hall–Kier alpha value is -2.43. The van der Waals surface area contributed by atoms with Crippen LogP contribution in [0.1, 0.15) is 21.6 Å². The molecule has 0 saturated carbocycles. The Morgan fingerprint density at radius 2 is 1.88 bits per heavy atom. The van der Waals surface area contributed by atoms with E-state index in [1.807, 2.05) is 25.1 Å². The van der Waals surface area contributed by atoms with Crippen LogP contribution in [0.5, 0.6) is 0 Å². The van der Waals surface area contributed by atoms with Gasteiger partial charge in [0.1, 0.15) is 10.8 Å². The van der Waals surface area contributed by atoms with Crippen molar-refractivity contribution in [3.8, 4) is 11.1 Å². The van der Waals surface area contributed by atoms with Gasteiger partial charge in [0.2, 0.25) is 0 Å². The lowest BCUT2D eigenvalue weighted by molar-refractivity contribution is 0.102. The summed E-state index contributed by atoms with van der Waals surface area (Å²) in [6.45, 7) is 5.66. The van der Waals surface area contributed by atoms with Crippen molar-refractivity contribution in [2.75, 3.05) is 5.32 Å². The van der Waals surface area contributed by atoms with Gasteiger partial charge in [-0.05, 0) is 48.7 Å². The number of nitrogens with zero attached hydrogens (tertiary/aromatic N) is 2. The molecule has 4 nitrogen and oxygen atoms in total. The maximum absolute atomic E-state index is 12.4. The summed E-state index contributed by atoms with van der Waals surface area (Å²) >= 11 is 12.3. The fraction of sp³-hybridized carbons (Fsp3) is 0.0526. The molecule has 125 valence electrons. The van der Waals surface area contributed by atoms with Gasteiger partial charge < -0.3 is 5.32 Å². The lowest BCUT2D eigenvalue weighted by Crippen LogP contribution is -2.14. The zero-order valence-electron chi connectivity index (χ0n) is 13.4. The lowest BCUT2D eigenvalue weighted by Gasteiger charge is -2.14. The van der Waals surface area contributed by atoms with Crippen molar-refractivity contribution in [1.29, 1.82) is 0 Å². The smallest absolute Gasteiger partial charge is 0.274 e. The van der Waals surface area contributed by atoms with Crippen LogP contribution >= 0.6 is 23.2 Å². The van der Waals surface area contributed by atoms with Crippen molar-refractivity contribution < 1.29 is 4.79 Å². The Labute approximate surface area is 155 Å². The molecule has 6 heteroatoms. The predicted molar refractivity (Wildman–Crippen MR) is 101 cm³/mol. The third-order valence-electron chi connectivity index (χ3n) is 3.78. The van der Waals surface area contributed by atoms with E-state index in [1.54, 1.807) is 30.6 Å². The van der Waals surface area contributed by atoms with E-state index in [4.69, 9.17) is 23.2 Å². The van der Waals surface area contributed by atoms with Gasteiger partial charge in [-0.2, -0.15) is 0 Å². The minimum absolute atomic E-state index is 0.241. The van der Waals surface area contributed by atoms with E-state index in [0.29, 0.717) is 16.4 Å². The zero-order chi connectivity index (χ0) is 18.0. The molecule has 0 fully saturated rings. The first-order valence-electron chi connectivity index (χ1n) is 7.46. The van der Waals surface area contributed by atoms with Gasteiger partial charge in [0.05, 0.1) is 5.02 Å². The van der Waals surface area contributed by atoms with Crippen LogP contribution in [0.25, 0.3) is 11.1 Å². The van der Waals surface area contributed by atoms with Crippen molar-refractivity contribution >= 4 is 34.8 Å². The first-order chi connectivity index (χ1) is 12.0. The second kappa shape index (κ2) is 7.21. The average Bonchev–Trinajstić information content (AvgIpc) is 2.60. The Balaban J connectivity index is 1.95. The Bertz CT molecular complexity index is 940. The number of pyridine rings is 2. The van der Waals surface area contributed by atoms with Gasteiger partial charge in [-0.1, -0.05) is 41.4 Å². The van der Waals surface area contributed by atoms with Crippen LogP contribution in [-0.4, -0.2) is 15.9 Å². The first-order valence-corrected chi connectivity index (χ1v) is 8.22. The quantitative estimate of drug-likeness (QED) is 0.645. The van der Waals surface area contributed by atoms with Gasteiger partial charge in [0.15, 0.2) is 0 Å². The van der Waals surface area contributed by atoms with Crippen molar-refractivity contribution in [2.45, 2.75) is 6.92 Å². The number of rotatable bonds is 3. The highest BCUT2D eigenvalue weighted by Gasteiger charge is 2.14. The number of carbonyl (C=O) groups is 1. The van der Waals surface area contributed by atoms with Gasteiger partial charge in [-0.3, -0.25) is 9.78 Å². The van der Waals surface area contributed by atoms with Gasteiger partial charge in [0, 0.05) is 23.6 Å². The van der Waals surface area contributed by atoms with Gasteiger partial charge in [0.25, 0.3) is 5.91 Å². The van der Waals surface area contributed by atoms with Crippen molar-refractivity contribution in [2.24, 2.45) is 0 Å². The third kappa shape index (κ3) is 3.65. The summed E-state index contributed by atoms with van der Waals surface area (Å²) in [4.78, 5) is 20.4. The molecule has 0 saturated heterocycles. The summed E-state index contributed by atoms with van der Waals surface area (Å²) in [7, 11) is 0. The van der Waals surface area contributed by atoms with Crippen LogP contribution < -0.4 is 5.32 Å². The van der Waals surface area contributed by atoms with Gasteiger partial charge >= 0.3 is 0 Å². The monoisotopic (exact) mass is 370 g/mol. The molecule has 1 N–H and O–H groups in total. The van der Waals surface area contributed by atoms with E-state index < -0.39 is 0 Å². The molecule has 0 atom stereocenters. The predicted octanol–water partition coefficient (Wildman–Crippen LogP) is 5.19. The molecule has 0 bridgehead atoms. The third-order valence-corrected chi connectivity index (χ3v) is 4.54. The van der Waals surface area contributed by atoms with E-state index >= 15 is 0 Å². The Kier molecular flexibility index (Phi) is 5.02. The molecule has 0 aliphatic rings. The molecule has 1 amide bonds.